The lowest BCUT2D eigenvalue weighted by Gasteiger charge is -2.12. The van der Waals surface area contributed by atoms with E-state index in [1.165, 1.54) is 7.11 Å². The molecule has 23 heavy (non-hydrogen) atoms. The fourth-order valence-corrected chi connectivity index (χ4v) is 1.81. The van der Waals surface area contributed by atoms with Gasteiger partial charge in [0.15, 0.2) is 11.5 Å². The molecule has 0 fully saturated rings. The summed E-state index contributed by atoms with van der Waals surface area (Å²) in [4.78, 5) is 10.6. The number of benzene rings is 1. The highest BCUT2D eigenvalue weighted by atomic mass is 16.5. The molecule has 1 aromatic carbocycles. The Morgan fingerprint density at radius 2 is 1.61 bits per heavy atom. The highest BCUT2D eigenvalue weighted by molar-refractivity contribution is 5.80. The van der Waals surface area contributed by atoms with Crippen LogP contribution >= 0.6 is 0 Å². The minimum Gasteiger partial charge on any atom is -0.496 e. The normalized spacial score (nSPS) is 11.7. The Balaban J connectivity index is 2.98. The number of hydrogen-bond donors (Lipinski definition) is 1. The average molecular weight is 320 g/mol. The zero-order chi connectivity index (χ0) is 17.2. The predicted octanol–water partition coefficient (Wildman–Crippen LogP) is 2.90. The van der Waals surface area contributed by atoms with Gasteiger partial charge in [-0.1, -0.05) is 18.2 Å². The van der Waals surface area contributed by atoms with E-state index in [0.29, 0.717) is 17.2 Å². The van der Waals surface area contributed by atoms with E-state index >= 15 is 0 Å². The van der Waals surface area contributed by atoms with Crippen LogP contribution in [0.1, 0.15) is 5.56 Å². The van der Waals surface area contributed by atoms with Crippen molar-refractivity contribution in [3.8, 4) is 17.2 Å². The quantitative estimate of drug-likeness (QED) is 0.451. The molecule has 0 saturated carbocycles. The van der Waals surface area contributed by atoms with Gasteiger partial charge in [-0.05, 0) is 23.8 Å². The summed E-state index contributed by atoms with van der Waals surface area (Å²) in [5.41, 5.74) is 0.838. The summed E-state index contributed by atoms with van der Waals surface area (Å²) in [6, 6.07) is 3.60. The summed E-state index contributed by atoms with van der Waals surface area (Å²) in [5.74, 6) is 0.804. The Hall–Kier alpha value is -2.89. The van der Waals surface area contributed by atoms with E-state index in [2.05, 4.69) is 0 Å². The smallest absolute Gasteiger partial charge is 0.332 e. The highest BCUT2D eigenvalue weighted by Gasteiger charge is 2.11. The molecule has 0 aliphatic carbocycles. The zero-order valence-corrected chi connectivity index (χ0v) is 13.5. The molecule has 0 heterocycles. The molecule has 0 spiro atoms. The van der Waals surface area contributed by atoms with Crippen LogP contribution in [-0.2, 0) is 9.53 Å². The Morgan fingerprint density at radius 3 is 2.04 bits per heavy atom. The first-order valence-electron chi connectivity index (χ1n) is 6.69. The second kappa shape index (κ2) is 9.19. The molecule has 0 bridgehead atoms. The maximum Gasteiger partial charge on any atom is 0.332 e. The van der Waals surface area contributed by atoms with Crippen molar-refractivity contribution in [2.75, 3.05) is 28.4 Å². The zero-order valence-electron chi connectivity index (χ0n) is 13.5. The molecular formula is C17H20O6. The van der Waals surface area contributed by atoms with E-state index in [-0.39, 0.29) is 5.76 Å². The number of rotatable bonds is 8. The molecule has 1 rings (SSSR count). The summed E-state index contributed by atoms with van der Waals surface area (Å²) in [7, 11) is 6.04. The van der Waals surface area contributed by atoms with Crippen LogP contribution in [0, 0.1) is 0 Å². The van der Waals surface area contributed by atoms with Gasteiger partial charge in [-0.15, -0.1) is 0 Å². The first-order valence-corrected chi connectivity index (χ1v) is 6.69. The molecule has 0 aliphatic heterocycles. The first-order chi connectivity index (χ1) is 11.0. The largest absolute Gasteiger partial charge is 0.496 e. The van der Waals surface area contributed by atoms with Crippen LogP contribution in [0.3, 0.4) is 0 Å². The fourth-order valence-electron chi connectivity index (χ4n) is 1.81. The molecule has 1 N–H and O–H groups in total. The first kappa shape index (κ1) is 18.2. The lowest BCUT2D eigenvalue weighted by atomic mass is 10.1. The van der Waals surface area contributed by atoms with Crippen molar-refractivity contribution in [3.05, 3.63) is 47.8 Å². The van der Waals surface area contributed by atoms with Gasteiger partial charge in [0.2, 0.25) is 5.75 Å². The third-order valence-corrected chi connectivity index (χ3v) is 2.85. The summed E-state index contributed by atoms with van der Waals surface area (Å²) < 4.78 is 20.7. The molecule has 0 saturated heterocycles. The highest BCUT2D eigenvalue weighted by Crippen LogP contribution is 2.38. The van der Waals surface area contributed by atoms with E-state index in [0.717, 1.165) is 11.6 Å². The van der Waals surface area contributed by atoms with Crippen LogP contribution in [0.2, 0.25) is 0 Å². The van der Waals surface area contributed by atoms with Gasteiger partial charge < -0.3 is 24.1 Å². The summed E-state index contributed by atoms with van der Waals surface area (Å²) in [6.07, 6.45) is 7.75. The molecule has 0 aliphatic rings. The second-order valence-corrected chi connectivity index (χ2v) is 4.27. The van der Waals surface area contributed by atoms with Crippen molar-refractivity contribution in [1.82, 2.24) is 0 Å². The van der Waals surface area contributed by atoms with Gasteiger partial charge in [-0.25, -0.2) is 4.79 Å². The van der Waals surface area contributed by atoms with Gasteiger partial charge >= 0.3 is 5.97 Å². The van der Waals surface area contributed by atoms with E-state index in [1.807, 2.05) is 6.08 Å². The number of aliphatic carboxylic acids is 1. The summed E-state index contributed by atoms with van der Waals surface area (Å²) in [5, 5.41) is 8.67. The van der Waals surface area contributed by atoms with E-state index in [4.69, 9.17) is 24.1 Å². The Kier molecular flexibility index (Phi) is 7.26. The van der Waals surface area contributed by atoms with Crippen LogP contribution < -0.4 is 14.2 Å². The van der Waals surface area contributed by atoms with Crippen molar-refractivity contribution < 1.29 is 28.8 Å². The molecule has 0 aromatic heterocycles. The molecule has 6 nitrogen and oxygen atoms in total. The number of hydrogen-bond acceptors (Lipinski definition) is 5. The molecule has 0 unspecified atom stereocenters. The molecule has 0 atom stereocenters. The van der Waals surface area contributed by atoms with Crippen molar-refractivity contribution in [2.45, 2.75) is 0 Å². The minimum atomic E-state index is -1.07. The summed E-state index contributed by atoms with van der Waals surface area (Å²) in [6.45, 7) is 0. The van der Waals surface area contributed by atoms with Crippen LogP contribution in [0.15, 0.2) is 42.2 Å². The van der Waals surface area contributed by atoms with E-state index in [1.54, 1.807) is 51.7 Å². The number of allylic oxidation sites excluding steroid dienone is 3. The number of methoxy groups -OCH3 is 4. The number of carbonyl (C=O) groups is 1. The standard InChI is InChI=1S/C17H20O6/c1-20-13(11-16(18)19)8-6-5-7-12-9-14(21-2)17(23-4)15(10-12)22-3/h5-11H,1-4H3,(H,18,19). The van der Waals surface area contributed by atoms with Gasteiger partial charge in [-0.3, -0.25) is 0 Å². The lowest BCUT2D eigenvalue weighted by molar-refractivity contribution is -0.131. The topological polar surface area (TPSA) is 74.2 Å². The molecular weight excluding hydrogens is 300 g/mol. The van der Waals surface area contributed by atoms with Crippen molar-refractivity contribution in [1.29, 1.82) is 0 Å². The van der Waals surface area contributed by atoms with Crippen molar-refractivity contribution in [3.63, 3.8) is 0 Å². The van der Waals surface area contributed by atoms with Gasteiger partial charge in [0.25, 0.3) is 0 Å². The van der Waals surface area contributed by atoms with Gasteiger partial charge in [0.1, 0.15) is 5.76 Å². The maximum atomic E-state index is 10.6. The average Bonchev–Trinajstić information content (AvgIpc) is 2.55. The fraction of sp³-hybridized carbons (Fsp3) is 0.235. The summed E-state index contributed by atoms with van der Waals surface area (Å²) >= 11 is 0. The molecule has 0 amide bonds. The Bertz CT molecular complexity index is 603. The Morgan fingerprint density at radius 1 is 1.00 bits per heavy atom. The predicted molar refractivity (Wildman–Crippen MR) is 87.0 cm³/mol. The molecule has 1 aromatic rings. The number of carboxylic acid groups (broad SMARTS) is 1. The SMILES string of the molecule is COC(C=CC=Cc1cc(OC)c(OC)c(OC)c1)=CC(=O)O. The van der Waals surface area contributed by atoms with Crippen molar-refractivity contribution in [2.24, 2.45) is 0 Å². The second-order valence-electron chi connectivity index (χ2n) is 4.27. The van der Waals surface area contributed by atoms with Gasteiger partial charge in [0.05, 0.1) is 34.5 Å². The van der Waals surface area contributed by atoms with Crippen LogP contribution in [-0.4, -0.2) is 39.5 Å². The third-order valence-electron chi connectivity index (χ3n) is 2.85. The molecule has 0 radical (unpaired) electrons. The minimum absolute atomic E-state index is 0.243. The van der Waals surface area contributed by atoms with E-state index < -0.39 is 5.97 Å². The Labute approximate surface area is 135 Å². The van der Waals surface area contributed by atoms with Gasteiger partial charge in [-0.2, -0.15) is 0 Å². The third kappa shape index (κ3) is 5.43. The van der Waals surface area contributed by atoms with Crippen molar-refractivity contribution >= 4 is 12.0 Å². The molecule has 6 heteroatoms. The number of carboxylic acids is 1. The monoisotopic (exact) mass is 320 g/mol. The van der Waals surface area contributed by atoms with Crippen LogP contribution in [0.4, 0.5) is 0 Å². The molecule has 124 valence electrons. The van der Waals surface area contributed by atoms with Gasteiger partial charge in [0, 0.05) is 0 Å². The number of ether oxygens (including phenoxy) is 4. The lowest BCUT2D eigenvalue weighted by Crippen LogP contribution is -1.95. The van der Waals surface area contributed by atoms with Crippen LogP contribution in [0.25, 0.3) is 6.08 Å². The van der Waals surface area contributed by atoms with E-state index in [9.17, 15) is 4.79 Å². The maximum absolute atomic E-state index is 10.6. The van der Waals surface area contributed by atoms with Crippen LogP contribution in [0.5, 0.6) is 17.2 Å².